The van der Waals surface area contributed by atoms with Crippen LogP contribution in [0.3, 0.4) is 0 Å². The van der Waals surface area contributed by atoms with Gasteiger partial charge in [-0.05, 0) is 93.2 Å². The Morgan fingerprint density at radius 1 is 0.667 bits per heavy atom. The van der Waals surface area contributed by atoms with E-state index < -0.39 is 71.6 Å². The second kappa shape index (κ2) is 14.5. The molecule has 0 aliphatic heterocycles. The van der Waals surface area contributed by atoms with E-state index in [9.17, 15) is 35.1 Å². The Morgan fingerprint density at radius 3 is 1.76 bits per heavy atom. The summed E-state index contributed by atoms with van der Waals surface area (Å²) in [4.78, 5) is 0. The predicted octanol–water partition coefficient (Wildman–Crippen LogP) is 9.72. The molecule has 0 bridgehead atoms. The number of alkyl halides is 7. The van der Waals surface area contributed by atoms with E-state index >= 15 is 8.78 Å². The fourth-order valence-electron chi connectivity index (χ4n) is 5.79. The molecule has 0 amide bonds. The van der Waals surface area contributed by atoms with Crippen LogP contribution in [0.1, 0.15) is 81.4 Å². The molecular weight excluding hydrogens is 626 g/mol. The molecule has 0 radical (unpaired) electrons. The summed E-state index contributed by atoms with van der Waals surface area (Å²) < 4.78 is 158. The van der Waals surface area contributed by atoms with E-state index in [1.165, 1.54) is 6.07 Å². The average Bonchev–Trinajstić information content (AvgIpc) is 2.94. The van der Waals surface area contributed by atoms with Crippen molar-refractivity contribution in [2.75, 3.05) is 0 Å². The van der Waals surface area contributed by atoms with Crippen LogP contribution in [-0.4, -0.2) is 30.8 Å². The molecule has 2 saturated carbocycles. The molecule has 2 aromatic rings. The Hall–Kier alpha value is -2.58. The van der Waals surface area contributed by atoms with Crippen LogP contribution in [0, 0.1) is 23.4 Å². The molecule has 0 N–H and O–H groups in total. The molecule has 0 unspecified atom stereocenters. The third-order valence-electron chi connectivity index (χ3n) is 8.06. The van der Waals surface area contributed by atoms with Crippen molar-refractivity contribution in [3.8, 4) is 5.75 Å². The minimum absolute atomic E-state index is 0.0724. The lowest BCUT2D eigenvalue weighted by atomic mass is 9.86. The van der Waals surface area contributed by atoms with Crippen LogP contribution in [0.4, 0.5) is 43.9 Å². The van der Waals surface area contributed by atoms with Crippen LogP contribution in [0.5, 0.6) is 5.75 Å². The molecule has 0 saturated heterocycles. The minimum Gasteiger partial charge on any atom is -0.399 e. The summed E-state index contributed by atoms with van der Waals surface area (Å²) in [6.07, 6.45) is -13.3. The number of hydrogen-bond donors (Lipinski definition) is 0. The first-order chi connectivity index (χ1) is 21.1. The normalized spacial score (nSPS) is 23.3. The Morgan fingerprint density at radius 2 is 1.20 bits per heavy atom. The van der Waals surface area contributed by atoms with E-state index in [0.29, 0.717) is 24.1 Å². The summed E-state index contributed by atoms with van der Waals surface area (Å²) in [6.45, 7) is 1.55. The van der Waals surface area contributed by atoms with Gasteiger partial charge in [-0.1, -0.05) is 19.4 Å². The van der Waals surface area contributed by atoms with Crippen LogP contribution in [0.15, 0.2) is 30.3 Å². The second-order valence-corrected chi connectivity index (χ2v) is 11.5. The lowest BCUT2D eigenvalue weighted by Crippen LogP contribution is -2.41. The number of halogens is 10. The molecular formula is C31H34F10O4. The monoisotopic (exact) mass is 660 g/mol. The zero-order valence-corrected chi connectivity index (χ0v) is 24.4. The molecule has 2 fully saturated rings. The summed E-state index contributed by atoms with van der Waals surface area (Å²) in [5.41, 5.74) is -0.388. The summed E-state index contributed by atoms with van der Waals surface area (Å²) >= 11 is 0. The van der Waals surface area contributed by atoms with Crippen LogP contribution < -0.4 is 4.74 Å². The van der Waals surface area contributed by atoms with Gasteiger partial charge in [0.25, 0.3) is 0 Å². The quantitative estimate of drug-likeness (QED) is 0.213. The van der Waals surface area contributed by atoms with Gasteiger partial charge in [0.1, 0.15) is 5.82 Å². The molecule has 45 heavy (non-hydrogen) atoms. The number of ether oxygens (including phenoxy) is 4. The van der Waals surface area contributed by atoms with Crippen molar-refractivity contribution in [3.63, 3.8) is 0 Å². The van der Waals surface area contributed by atoms with Gasteiger partial charge >= 0.3 is 18.6 Å². The zero-order valence-electron chi connectivity index (χ0n) is 24.4. The molecule has 2 aromatic carbocycles. The maximum atomic E-state index is 15.0. The van der Waals surface area contributed by atoms with Crippen molar-refractivity contribution in [1.82, 2.24) is 0 Å². The van der Waals surface area contributed by atoms with E-state index in [1.807, 2.05) is 6.92 Å². The van der Waals surface area contributed by atoms with E-state index in [-0.39, 0.29) is 63.5 Å². The molecule has 4 rings (SSSR count). The summed E-state index contributed by atoms with van der Waals surface area (Å²) in [6, 6.07) is 4.76. The lowest BCUT2D eigenvalue weighted by molar-refractivity contribution is -0.312. The zero-order chi connectivity index (χ0) is 33.0. The van der Waals surface area contributed by atoms with Gasteiger partial charge in [0.15, 0.2) is 11.6 Å². The molecule has 0 heterocycles. The Balaban J connectivity index is 1.21. The number of aryl methyl sites for hydroxylation is 1. The first kappa shape index (κ1) is 35.3. The van der Waals surface area contributed by atoms with E-state index in [0.717, 1.165) is 18.6 Å². The van der Waals surface area contributed by atoms with Gasteiger partial charge < -0.3 is 18.9 Å². The van der Waals surface area contributed by atoms with Crippen LogP contribution in [0.25, 0.3) is 0 Å². The second-order valence-electron chi connectivity index (χ2n) is 11.5. The third kappa shape index (κ3) is 9.71. The maximum Gasteiger partial charge on any atom is 0.573 e. The highest BCUT2D eigenvalue weighted by molar-refractivity contribution is 5.31. The van der Waals surface area contributed by atoms with Crippen molar-refractivity contribution in [3.05, 3.63) is 64.5 Å². The molecule has 2 aliphatic carbocycles. The summed E-state index contributed by atoms with van der Waals surface area (Å²) in [5.74, 6) is -6.99. The van der Waals surface area contributed by atoms with Gasteiger partial charge in [-0.3, -0.25) is 0 Å². The molecule has 252 valence electrons. The first-order valence-corrected chi connectivity index (χ1v) is 14.8. The van der Waals surface area contributed by atoms with Crippen molar-refractivity contribution in [1.29, 1.82) is 0 Å². The van der Waals surface area contributed by atoms with E-state index in [2.05, 4.69) is 4.74 Å². The SMILES string of the molecule is CCCc1ccc(C(F)(F)OC2CCC(C(F)(F)OC3CCC(OCc4cc(F)c(OC(F)(F)F)c(F)c4)CC3)CC2)c(F)c1. The largest absolute Gasteiger partial charge is 0.573 e. The summed E-state index contributed by atoms with van der Waals surface area (Å²) in [7, 11) is 0. The standard InChI is InChI=1S/C31H34F10O4/c1-2-3-18-4-13-24(25(32)14-18)30(37,38)44-22-7-5-20(6-8-22)29(35,36)43-23-11-9-21(10-12-23)42-17-19-15-26(33)28(27(34)16-19)45-31(39,40)41/h4,13-16,20-23H,2-3,5-12,17H2,1H3. The fraction of sp³-hybridized carbons (Fsp3) is 0.613. The van der Waals surface area contributed by atoms with E-state index in [1.54, 1.807) is 0 Å². The van der Waals surface area contributed by atoms with Gasteiger partial charge in [-0.25, -0.2) is 13.2 Å². The Bertz CT molecular complexity index is 1250. The van der Waals surface area contributed by atoms with Gasteiger partial charge in [-0.15, -0.1) is 13.2 Å². The highest BCUT2D eigenvalue weighted by atomic mass is 19.4. The van der Waals surface area contributed by atoms with Crippen molar-refractivity contribution in [2.45, 2.75) is 115 Å². The Kier molecular flexibility index (Phi) is 11.3. The average molecular weight is 661 g/mol. The molecule has 14 heteroatoms. The lowest BCUT2D eigenvalue weighted by Gasteiger charge is -2.37. The van der Waals surface area contributed by atoms with Crippen LogP contribution in [-0.2, 0) is 33.3 Å². The third-order valence-corrected chi connectivity index (χ3v) is 8.06. The van der Waals surface area contributed by atoms with Crippen molar-refractivity contribution >= 4 is 0 Å². The molecule has 0 aromatic heterocycles. The number of rotatable bonds is 12. The molecule has 2 aliphatic rings. The highest BCUT2D eigenvalue weighted by Gasteiger charge is 2.47. The van der Waals surface area contributed by atoms with Gasteiger partial charge in [0.2, 0.25) is 5.75 Å². The molecule has 4 nitrogen and oxygen atoms in total. The topological polar surface area (TPSA) is 36.9 Å². The number of benzene rings is 2. The van der Waals surface area contributed by atoms with Gasteiger partial charge in [0, 0.05) is 0 Å². The fourth-order valence-corrected chi connectivity index (χ4v) is 5.79. The van der Waals surface area contributed by atoms with Gasteiger partial charge in [-0.2, -0.15) is 17.6 Å². The van der Waals surface area contributed by atoms with E-state index in [4.69, 9.17) is 14.2 Å². The maximum absolute atomic E-state index is 15.0. The molecule has 0 spiro atoms. The first-order valence-electron chi connectivity index (χ1n) is 14.8. The predicted molar refractivity (Wildman–Crippen MR) is 141 cm³/mol. The van der Waals surface area contributed by atoms with Crippen molar-refractivity contribution < 1.29 is 62.9 Å². The number of hydrogen-bond acceptors (Lipinski definition) is 4. The van der Waals surface area contributed by atoms with Crippen LogP contribution in [0.2, 0.25) is 0 Å². The van der Waals surface area contributed by atoms with Gasteiger partial charge in [0.05, 0.1) is 36.4 Å². The van der Waals surface area contributed by atoms with Crippen molar-refractivity contribution in [2.24, 2.45) is 5.92 Å². The Labute approximate surface area is 254 Å². The summed E-state index contributed by atoms with van der Waals surface area (Å²) in [5, 5.41) is 0. The van der Waals surface area contributed by atoms with Crippen LogP contribution >= 0.6 is 0 Å². The highest BCUT2D eigenvalue weighted by Crippen LogP contribution is 2.43. The molecule has 0 atom stereocenters. The smallest absolute Gasteiger partial charge is 0.399 e. The minimum atomic E-state index is -5.27.